The van der Waals surface area contributed by atoms with E-state index < -0.39 is 0 Å². The summed E-state index contributed by atoms with van der Waals surface area (Å²) in [4.78, 5) is 0. The monoisotopic (exact) mass is 263 g/mol. The average Bonchev–Trinajstić information content (AvgIpc) is 2.34. The normalized spacial score (nSPS) is 10.3. The molecule has 3 nitrogen and oxygen atoms in total. The summed E-state index contributed by atoms with van der Waals surface area (Å²) in [7, 11) is 0. The van der Waals surface area contributed by atoms with Crippen LogP contribution in [0.25, 0.3) is 0 Å². The molecule has 0 saturated heterocycles. The standard InChI is InChI=1S/C14H14ClNO2/c1-9-2-4-13(17)10(6-9)8-16-11-3-5-14(18)12(15)7-11/h2-7,16-18H,8H2,1H3. The van der Waals surface area contributed by atoms with Gasteiger partial charge >= 0.3 is 0 Å². The van der Waals surface area contributed by atoms with E-state index in [1.165, 1.54) is 6.07 Å². The van der Waals surface area contributed by atoms with Crippen molar-refractivity contribution in [1.82, 2.24) is 0 Å². The van der Waals surface area contributed by atoms with E-state index in [1.54, 1.807) is 18.2 Å². The molecule has 94 valence electrons. The van der Waals surface area contributed by atoms with Crippen LogP contribution >= 0.6 is 11.6 Å². The highest BCUT2D eigenvalue weighted by atomic mass is 35.5. The maximum absolute atomic E-state index is 9.71. The third-order valence-electron chi connectivity index (χ3n) is 2.67. The summed E-state index contributed by atoms with van der Waals surface area (Å²) >= 11 is 5.81. The molecule has 0 aliphatic heterocycles. The Morgan fingerprint density at radius 1 is 1.06 bits per heavy atom. The lowest BCUT2D eigenvalue weighted by Gasteiger charge is -2.09. The third kappa shape index (κ3) is 2.87. The Balaban J connectivity index is 2.11. The van der Waals surface area contributed by atoms with E-state index in [4.69, 9.17) is 11.6 Å². The van der Waals surface area contributed by atoms with Crippen LogP contribution in [0.2, 0.25) is 5.02 Å². The maximum atomic E-state index is 9.71. The Labute approximate surface area is 111 Å². The molecule has 2 aromatic carbocycles. The van der Waals surface area contributed by atoms with Crippen molar-refractivity contribution in [3.63, 3.8) is 0 Å². The highest BCUT2D eigenvalue weighted by Gasteiger charge is 2.03. The molecule has 0 bridgehead atoms. The first-order valence-electron chi connectivity index (χ1n) is 5.57. The molecule has 2 rings (SSSR count). The maximum Gasteiger partial charge on any atom is 0.134 e. The summed E-state index contributed by atoms with van der Waals surface area (Å²) in [5, 5.41) is 22.5. The predicted molar refractivity (Wildman–Crippen MR) is 73.3 cm³/mol. The lowest BCUT2D eigenvalue weighted by Crippen LogP contribution is -2.00. The highest BCUT2D eigenvalue weighted by Crippen LogP contribution is 2.27. The average molecular weight is 264 g/mol. The molecule has 18 heavy (non-hydrogen) atoms. The van der Waals surface area contributed by atoms with Gasteiger partial charge in [0, 0.05) is 17.8 Å². The van der Waals surface area contributed by atoms with Crippen molar-refractivity contribution in [3.05, 3.63) is 52.5 Å². The van der Waals surface area contributed by atoms with Crippen LogP contribution in [0, 0.1) is 6.92 Å². The van der Waals surface area contributed by atoms with Gasteiger partial charge in [-0.25, -0.2) is 0 Å². The number of halogens is 1. The van der Waals surface area contributed by atoms with Crippen LogP contribution in [0.3, 0.4) is 0 Å². The van der Waals surface area contributed by atoms with Gasteiger partial charge in [-0.05, 0) is 31.2 Å². The highest BCUT2D eigenvalue weighted by molar-refractivity contribution is 6.32. The number of phenols is 2. The number of anilines is 1. The van der Waals surface area contributed by atoms with Gasteiger partial charge in [-0.15, -0.1) is 0 Å². The number of aryl methyl sites for hydroxylation is 1. The number of nitrogens with one attached hydrogen (secondary N) is 1. The minimum Gasteiger partial charge on any atom is -0.508 e. The molecular formula is C14H14ClNO2. The first kappa shape index (κ1) is 12.6. The van der Waals surface area contributed by atoms with Crippen molar-refractivity contribution in [2.45, 2.75) is 13.5 Å². The number of rotatable bonds is 3. The largest absolute Gasteiger partial charge is 0.508 e. The van der Waals surface area contributed by atoms with Crippen molar-refractivity contribution in [3.8, 4) is 11.5 Å². The summed E-state index contributed by atoms with van der Waals surface area (Å²) in [6, 6.07) is 10.4. The number of benzene rings is 2. The van der Waals surface area contributed by atoms with E-state index in [-0.39, 0.29) is 11.5 Å². The quantitative estimate of drug-likeness (QED) is 0.741. The molecule has 0 unspecified atom stereocenters. The summed E-state index contributed by atoms with van der Waals surface area (Å²) in [5.41, 5.74) is 2.70. The topological polar surface area (TPSA) is 52.5 Å². The van der Waals surface area contributed by atoms with Crippen molar-refractivity contribution >= 4 is 17.3 Å². The van der Waals surface area contributed by atoms with E-state index in [0.717, 1.165) is 16.8 Å². The molecule has 4 heteroatoms. The Morgan fingerprint density at radius 3 is 2.50 bits per heavy atom. The van der Waals surface area contributed by atoms with Gasteiger partial charge in [0.2, 0.25) is 0 Å². The molecule has 3 N–H and O–H groups in total. The van der Waals surface area contributed by atoms with Gasteiger partial charge < -0.3 is 15.5 Å². The summed E-state index contributed by atoms with van der Waals surface area (Å²) in [5.74, 6) is 0.318. The number of phenolic OH excluding ortho intramolecular Hbond substituents is 2. The molecule has 0 atom stereocenters. The molecule has 2 aromatic rings. The van der Waals surface area contributed by atoms with Crippen LogP contribution < -0.4 is 5.32 Å². The lowest BCUT2D eigenvalue weighted by atomic mass is 10.1. The molecule has 0 spiro atoms. The van der Waals surface area contributed by atoms with Crippen LogP contribution in [-0.4, -0.2) is 10.2 Å². The molecule has 0 heterocycles. The van der Waals surface area contributed by atoms with E-state index in [1.807, 2.05) is 19.1 Å². The summed E-state index contributed by atoms with van der Waals surface area (Å²) < 4.78 is 0. The second-order valence-corrected chi connectivity index (χ2v) is 4.56. The summed E-state index contributed by atoms with van der Waals surface area (Å²) in [6.45, 7) is 2.47. The molecule has 0 aromatic heterocycles. The minimum absolute atomic E-state index is 0.0561. The second-order valence-electron chi connectivity index (χ2n) is 4.15. The van der Waals surface area contributed by atoms with Crippen LogP contribution in [0.1, 0.15) is 11.1 Å². The Hall–Kier alpha value is -1.87. The van der Waals surface area contributed by atoms with Gasteiger partial charge in [0.1, 0.15) is 11.5 Å². The SMILES string of the molecule is Cc1ccc(O)c(CNc2ccc(O)c(Cl)c2)c1. The fraction of sp³-hybridized carbons (Fsp3) is 0.143. The second kappa shape index (κ2) is 5.19. The van der Waals surface area contributed by atoms with Crippen LogP contribution in [0.15, 0.2) is 36.4 Å². The van der Waals surface area contributed by atoms with Gasteiger partial charge in [0.05, 0.1) is 5.02 Å². The van der Waals surface area contributed by atoms with E-state index >= 15 is 0 Å². The fourth-order valence-electron chi connectivity index (χ4n) is 1.67. The van der Waals surface area contributed by atoms with Crippen molar-refractivity contribution < 1.29 is 10.2 Å². The van der Waals surface area contributed by atoms with Gasteiger partial charge in [0.25, 0.3) is 0 Å². The van der Waals surface area contributed by atoms with Crippen molar-refractivity contribution in [2.24, 2.45) is 0 Å². The number of hydrogen-bond donors (Lipinski definition) is 3. The van der Waals surface area contributed by atoms with E-state index in [9.17, 15) is 10.2 Å². The zero-order valence-electron chi connectivity index (χ0n) is 9.94. The minimum atomic E-state index is 0.0561. The molecule has 0 aliphatic rings. The number of aromatic hydroxyl groups is 2. The van der Waals surface area contributed by atoms with Crippen LogP contribution in [0.5, 0.6) is 11.5 Å². The number of hydrogen-bond acceptors (Lipinski definition) is 3. The van der Waals surface area contributed by atoms with E-state index in [0.29, 0.717) is 11.6 Å². The zero-order chi connectivity index (χ0) is 13.1. The Bertz CT molecular complexity index is 570. The Kier molecular flexibility index (Phi) is 3.63. The molecule has 0 radical (unpaired) electrons. The summed E-state index contributed by atoms with van der Waals surface area (Å²) in [6.07, 6.45) is 0. The van der Waals surface area contributed by atoms with Crippen LogP contribution in [0.4, 0.5) is 5.69 Å². The first-order valence-corrected chi connectivity index (χ1v) is 5.95. The first-order chi connectivity index (χ1) is 8.56. The molecular weight excluding hydrogens is 250 g/mol. The van der Waals surface area contributed by atoms with E-state index in [2.05, 4.69) is 5.32 Å². The molecule has 0 saturated carbocycles. The van der Waals surface area contributed by atoms with Crippen molar-refractivity contribution in [2.75, 3.05) is 5.32 Å². The third-order valence-corrected chi connectivity index (χ3v) is 2.97. The van der Waals surface area contributed by atoms with Gasteiger partial charge in [-0.2, -0.15) is 0 Å². The zero-order valence-corrected chi connectivity index (χ0v) is 10.7. The smallest absolute Gasteiger partial charge is 0.134 e. The fourth-order valence-corrected chi connectivity index (χ4v) is 1.85. The molecule has 0 aliphatic carbocycles. The van der Waals surface area contributed by atoms with Crippen LogP contribution in [-0.2, 0) is 6.54 Å². The van der Waals surface area contributed by atoms with Gasteiger partial charge in [0.15, 0.2) is 0 Å². The van der Waals surface area contributed by atoms with Crippen molar-refractivity contribution in [1.29, 1.82) is 0 Å². The lowest BCUT2D eigenvalue weighted by molar-refractivity contribution is 0.469. The molecule has 0 fully saturated rings. The molecule has 0 amide bonds. The van der Waals surface area contributed by atoms with Gasteiger partial charge in [-0.3, -0.25) is 0 Å². The van der Waals surface area contributed by atoms with Gasteiger partial charge in [-0.1, -0.05) is 29.3 Å². The predicted octanol–water partition coefficient (Wildman–Crippen LogP) is 3.67. The Morgan fingerprint density at radius 2 is 1.78 bits per heavy atom.